The van der Waals surface area contributed by atoms with E-state index >= 15 is 0 Å². The van der Waals surface area contributed by atoms with Crippen LogP contribution in [0.1, 0.15) is 20.3 Å². The van der Waals surface area contributed by atoms with Crippen LogP contribution >= 0.6 is 0 Å². The Morgan fingerprint density at radius 1 is 1.44 bits per heavy atom. The van der Waals surface area contributed by atoms with Gasteiger partial charge in [-0.1, -0.05) is 6.92 Å². The van der Waals surface area contributed by atoms with Gasteiger partial charge in [-0.25, -0.2) is 4.39 Å². The van der Waals surface area contributed by atoms with Gasteiger partial charge in [-0.15, -0.1) is 0 Å². The van der Waals surface area contributed by atoms with Gasteiger partial charge in [0, 0.05) is 0 Å². The molecule has 2 N–H and O–H groups in total. The molecule has 100 valence electrons. The Balaban J connectivity index is 2.51. The molecule has 1 amide bonds. The number of amides is 1. The van der Waals surface area contributed by atoms with Crippen LogP contribution in [0, 0.1) is 5.82 Å². The van der Waals surface area contributed by atoms with Crippen LogP contribution in [0.25, 0.3) is 0 Å². The highest BCUT2D eigenvalue weighted by Crippen LogP contribution is 2.13. The van der Waals surface area contributed by atoms with E-state index < -0.39 is 6.10 Å². The summed E-state index contributed by atoms with van der Waals surface area (Å²) in [6.07, 6.45) is -0.0537. The Morgan fingerprint density at radius 3 is 2.56 bits per heavy atom. The summed E-state index contributed by atoms with van der Waals surface area (Å²) >= 11 is 0. The number of aliphatic hydroxyl groups is 1. The van der Waals surface area contributed by atoms with E-state index in [2.05, 4.69) is 5.32 Å². The van der Waals surface area contributed by atoms with Crippen molar-refractivity contribution in [1.29, 1.82) is 0 Å². The molecule has 2 atom stereocenters. The van der Waals surface area contributed by atoms with Crippen molar-refractivity contribution in [2.24, 2.45) is 0 Å². The van der Waals surface area contributed by atoms with Gasteiger partial charge in [0.05, 0.1) is 12.6 Å². The van der Waals surface area contributed by atoms with Crippen molar-refractivity contribution in [1.82, 2.24) is 5.32 Å². The van der Waals surface area contributed by atoms with Gasteiger partial charge in [-0.3, -0.25) is 4.79 Å². The molecule has 0 aliphatic carbocycles. The fourth-order valence-electron chi connectivity index (χ4n) is 1.37. The first-order valence-corrected chi connectivity index (χ1v) is 5.90. The average Bonchev–Trinajstić information content (AvgIpc) is 2.38. The summed E-state index contributed by atoms with van der Waals surface area (Å²) in [7, 11) is 0. The van der Waals surface area contributed by atoms with Crippen molar-refractivity contribution in [3.63, 3.8) is 0 Å². The molecule has 18 heavy (non-hydrogen) atoms. The topological polar surface area (TPSA) is 58.6 Å². The molecule has 0 fully saturated rings. The maximum absolute atomic E-state index is 12.7. The van der Waals surface area contributed by atoms with Gasteiger partial charge >= 0.3 is 0 Å². The van der Waals surface area contributed by atoms with E-state index in [1.807, 2.05) is 6.92 Å². The molecule has 0 aromatic heterocycles. The van der Waals surface area contributed by atoms with Gasteiger partial charge in [0.15, 0.2) is 6.10 Å². The van der Waals surface area contributed by atoms with E-state index in [-0.39, 0.29) is 24.4 Å². The largest absolute Gasteiger partial charge is 0.481 e. The second-order valence-corrected chi connectivity index (χ2v) is 4.01. The van der Waals surface area contributed by atoms with E-state index in [1.165, 1.54) is 24.3 Å². The second kappa shape index (κ2) is 6.96. The smallest absolute Gasteiger partial charge is 0.261 e. The minimum absolute atomic E-state index is 0.106. The maximum atomic E-state index is 12.7. The molecule has 0 aliphatic heterocycles. The van der Waals surface area contributed by atoms with Gasteiger partial charge in [0.2, 0.25) is 0 Å². The molecule has 0 spiro atoms. The summed E-state index contributed by atoms with van der Waals surface area (Å²) in [5, 5.41) is 11.6. The SMILES string of the molecule is CC[C@@H](CO)NC(=O)C(C)Oc1ccc(F)cc1. The van der Waals surface area contributed by atoms with E-state index in [9.17, 15) is 9.18 Å². The maximum Gasteiger partial charge on any atom is 0.261 e. The summed E-state index contributed by atoms with van der Waals surface area (Å²) in [4.78, 5) is 11.7. The molecule has 4 nitrogen and oxygen atoms in total. The summed E-state index contributed by atoms with van der Waals surface area (Å²) in [6, 6.07) is 5.19. The van der Waals surface area contributed by atoms with Gasteiger partial charge in [0.1, 0.15) is 11.6 Å². The first-order valence-electron chi connectivity index (χ1n) is 5.90. The van der Waals surface area contributed by atoms with Crippen molar-refractivity contribution in [3.8, 4) is 5.75 Å². The van der Waals surface area contributed by atoms with Crippen molar-refractivity contribution >= 4 is 5.91 Å². The predicted molar refractivity (Wildman–Crippen MR) is 65.8 cm³/mol. The Kier molecular flexibility index (Phi) is 5.58. The van der Waals surface area contributed by atoms with E-state index in [0.717, 1.165) is 0 Å². The minimum Gasteiger partial charge on any atom is -0.481 e. The van der Waals surface area contributed by atoms with E-state index in [0.29, 0.717) is 12.2 Å². The molecule has 0 heterocycles. The third-order valence-corrected chi connectivity index (χ3v) is 2.56. The predicted octanol–water partition coefficient (Wildman–Crippen LogP) is 1.48. The number of ether oxygens (including phenoxy) is 1. The lowest BCUT2D eigenvalue weighted by atomic mass is 10.2. The molecule has 0 aliphatic rings. The van der Waals surface area contributed by atoms with Gasteiger partial charge in [-0.2, -0.15) is 0 Å². The van der Waals surface area contributed by atoms with Crippen LogP contribution in [0.15, 0.2) is 24.3 Å². The first-order chi connectivity index (χ1) is 8.56. The zero-order valence-corrected chi connectivity index (χ0v) is 10.5. The Morgan fingerprint density at radius 2 is 2.06 bits per heavy atom. The van der Waals surface area contributed by atoms with Crippen molar-refractivity contribution < 1.29 is 19.0 Å². The fraction of sp³-hybridized carbons (Fsp3) is 0.462. The van der Waals surface area contributed by atoms with Crippen LogP contribution in [0.5, 0.6) is 5.75 Å². The van der Waals surface area contributed by atoms with Crippen LogP contribution in [-0.4, -0.2) is 29.8 Å². The van der Waals surface area contributed by atoms with Gasteiger partial charge in [-0.05, 0) is 37.6 Å². The molecular formula is C13H18FNO3. The zero-order valence-electron chi connectivity index (χ0n) is 10.5. The molecular weight excluding hydrogens is 237 g/mol. The molecule has 1 unspecified atom stereocenters. The van der Waals surface area contributed by atoms with Crippen molar-refractivity contribution in [2.75, 3.05) is 6.61 Å². The summed E-state index contributed by atoms with van der Waals surface area (Å²) in [6.45, 7) is 3.36. The summed E-state index contributed by atoms with van der Waals surface area (Å²) in [5.41, 5.74) is 0. The lowest BCUT2D eigenvalue weighted by molar-refractivity contribution is -0.128. The normalized spacial score (nSPS) is 13.8. The van der Waals surface area contributed by atoms with Crippen molar-refractivity contribution in [2.45, 2.75) is 32.4 Å². The number of carbonyl (C=O) groups is 1. The molecule has 1 aromatic carbocycles. The summed E-state index contributed by atoms with van der Waals surface area (Å²) < 4.78 is 18.0. The fourth-order valence-corrected chi connectivity index (χ4v) is 1.37. The number of rotatable bonds is 6. The first kappa shape index (κ1) is 14.4. The van der Waals surface area contributed by atoms with Crippen LogP contribution in [0.3, 0.4) is 0 Å². The van der Waals surface area contributed by atoms with Gasteiger partial charge in [0.25, 0.3) is 5.91 Å². The quantitative estimate of drug-likeness (QED) is 0.809. The molecule has 0 bridgehead atoms. The lowest BCUT2D eigenvalue weighted by Crippen LogP contribution is -2.43. The van der Waals surface area contributed by atoms with Gasteiger partial charge < -0.3 is 15.2 Å². The molecule has 0 saturated carbocycles. The highest BCUT2D eigenvalue weighted by Gasteiger charge is 2.17. The number of carbonyl (C=O) groups excluding carboxylic acids is 1. The minimum atomic E-state index is -0.698. The number of nitrogens with one attached hydrogen (secondary N) is 1. The number of aliphatic hydroxyl groups excluding tert-OH is 1. The third kappa shape index (κ3) is 4.33. The standard InChI is InChI=1S/C13H18FNO3/c1-3-11(8-16)15-13(17)9(2)18-12-6-4-10(14)5-7-12/h4-7,9,11,16H,3,8H2,1-2H3,(H,15,17)/t9?,11-/m0/s1. The molecule has 1 aromatic rings. The van der Waals surface area contributed by atoms with E-state index in [4.69, 9.17) is 9.84 Å². The number of halogens is 1. The molecule has 1 rings (SSSR count). The highest BCUT2D eigenvalue weighted by atomic mass is 19.1. The van der Waals surface area contributed by atoms with Crippen LogP contribution in [0.4, 0.5) is 4.39 Å². The lowest BCUT2D eigenvalue weighted by Gasteiger charge is -2.18. The Hall–Kier alpha value is -1.62. The molecule has 0 radical (unpaired) electrons. The summed E-state index contributed by atoms with van der Waals surface area (Å²) in [5.74, 6) is -0.234. The Labute approximate surface area is 106 Å². The van der Waals surface area contributed by atoms with Crippen LogP contribution in [-0.2, 0) is 4.79 Å². The van der Waals surface area contributed by atoms with Crippen molar-refractivity contribution in [3.05, 3.63) is 30.1 Å². The van der Waals surface area contributed by atoms with Crippen LogP contribution < -0.4 is 10.1 Å². The number of hydrogen-bond donors (Lipinski definition) is 2. The number of benzene rings is 1. The molecule has 5 heteroatoms. The third-order valence-electron chi connectivity index (χ3n) is 2.56. The van der Waals surface area contributed by atoms with E-state index in [1.54, 1.807) is 6.92 Å². The average molecular weight is 255 g/mol. The second-order valence-electron chi connectivity index (χ2n) is 4.01. The number of hydrogen-bond acceptors (Lipinski definition) is 3. The monoisotopic (exact) mass is 255 g/mol. The zero-order chi connectivity index (χ0) is 13.5. The van der Waals surface area contributed by atoms with Crippen LogP contribution in [0.2, 0.25) is 0 Å². The molecule has 0 saturated heterocycles. The highest BCUT2D eigenvalue weighted by molar-refractivity contribution is 5.81. The Bertz CT molecular complexity index is 376.